The van der Waals surface area contributed by atoms with Crippen LogP contribution in [0.3, 0.4) is 0 Å². The van der Waals surface area contributed by atoms with E-state index in [2.05, 4.69) is 42.1 Å². The smallest absolute Gasteiger partial charge is 0.138 e. The van der Waals surface area contributed by atoms with Gasteiger partial charge in [-0.15, -0.1) is 5.10 Å². The van der Waals surface area contributed by atoms with Crippen molar-refractivity contribution in [2.24, 2.45) is 10.2 Å². The van der Waals surface area contributed by atoms with Gasteiger partial charge >= 0.3 is 0 Å². The molecule has 3 nitrogen and oxygen atoms in total. The minimum atomic E-state index is 0.128. The van der Waals surface area contributed by atoms with Gasteiger partial charge in [0.05, 0.1) is 10.7 Å². The van der Waals surface area contributed by atoms with Crippen LogP contribution in [0.15, 0.2) is 91.9 Å². The van der Waals surface area contributed by atoms with Crippen LogP contribution in [0.2, 0.25) is 0 Å². The van der Waals surface area contributed by atoms with E-state index in [1.54, 1.807) is 12.1 Å². The highest BCUT2D eigenvalue weighted by molar-refractivity contribution is 9.11. The molecule has 0 aliphatic rings. The van der Waals surface area contributed by atoms with Gasteiger partial charge in [0, 0.05) is 21.2 Å². The second-order valence-corrected chi connectivity index (χ2v) is 7.02. The zero-order valence-electron chi connectivity index (χ0n) is 13.1. The number of rotatable bonds is 4. The van der Waals surface area contributed by atoms with Gasteiger partial charge < -0.3 is 5.11 Å². The normalized spacial score (nSPS) is 10.8. The molecule has 0 bridgehead atoms. The quantitative estimate of drug-likeness (QED) is 0.391. The molecule has 0 saturated heterocycles. The molecule has 0 fully saturated rings. The Morgan fingerprint density at radius 3 is 1.96 bits per heavy atom. The molecule has 1 N–H and O–H groups in total. The Bertz CT molecular complexity index is 882. The van der Waals surface area contributed by atoms with E-state index in [-0.39, 0.29) is 5.75 Å². The topological polar surface area (TPSA) is 45.0 Å². The van der Waals surface area contributed by atoms with Crippen LogP contribution in [-0.4, -0.2) is 17.0 Å². The van der Waals surface area contributed by atoms with Gasteiger partial charge in [-0.05, 0) is 28.1 Å². The van der Waals surface area contributed by atoms with E-state index in [0.29, 0.717) is 10.0 Å². The lowest BCUT2D eigenvalue weighted by atomic mass is 10.0. The number of hydrogen-bond acceptors (Lipinski definition) is 3. The van der Waals surface area contributed by atoms with E-state index >= 15 is 0 Å². The number of phenols is 1. The molecule has 3 aromatic rings. The highest BCUT2D eigenvalue weighted by atomic mass is 79.9. The van der Waals surface area contributed by atoms with Gasteiger partial charge in [-0.25, -0.2) is 0 Å². The zero-order valence-corrected chi connectivity index (χ0v) is 16.3. The average Bonchev–Trinajstić information content (AvgIpc) is 2.64. The van der Waals surface area contributed by atoms with Gasteiger partial charge in [0.2, 0.25) is 0 Å². The van der Waals surface area contributed by atoms with Crippen LogP contribution < -0.4 is 0 Å². The molecule has 0 aromatic heterocycles. The lowest BCUT2D eigenvalue weighted by molar-refractivity contribution is 0.471. The van der Waals surface area contributed by atoms with Gasteiger partial charge in [-0.3, -0.25) is 0 Å². The standard InChI is InChI=1S/C20H14Br2N2O/c21-17-11-16(20(25)18(22)12-17)13-23-24-19(14-7-3-1-4-8-14)15-9-5-2-6-10-15/h1-13,25H. The van der Waals surface area contributed by atoms with E-state index in [9.17, 15) is 5.11 Å². The summed E-state index contributed by atoms with van der Waals surface area (Å²) in [7, 11) is 0. The second kappa shape index (κ2) is 8.23. The van der Waals surface area contributed by atoms with Crippen LogP contribution in [0.1, 0.15) is 16.7 Å². The minimum absolute atomic E-state index is 0.128. The Balaban J connectivity index is 2.00. The van der Waals surface area contributed by atoms with Gasteiger partial charge in [0.15, 0.2) is 0 Å². The number of halogens is 2. The van der Waals surface area contributed by atoms with Crippen LogP contribution >= 0.6 is 31.9 Å². The van der Waals surface area contributed by atoms with Crippen LogP contribution in [0.4, 0.5) is 0 Å². The van der Waals surface area contributed by atoms with Crippen molar-refractivity contribution in [2.45, 2.75) is 0 Å². The molecular formula is C20H14Br2N2O. The first-order chi connectivity index (χ1) is 12.1. The third kappa shape index (κ3) is 4.44. The predicted molar refractivity (Wildman–Crippen MR) is 110 cm³/mol. The summed E-state index contributed by atoms with van der Waals surface area (Å²) in [5.74, 6) is 0.128. The second-order valence-electron chi connectivity index (χ2n) is 5.25. The molecule has 25 heavy (non-hydrogen) atoms. The first-order valence-corrected chi connectivity index (χ1v) is 9.13. The van der Waals surface area contributed by atoms with Crippen molar-refractivity contribution < 1.29 is 5.11 Å². The van der Waals surface area contributed by atoms with Gasteiger partial charge in [-0.2, -0.15) is 5.10 Å². The molecule has 0 aliphatic carbocycles. The van der Waals surface area contributed by atoms with Gasteiger partial charge in [-0.1, -0.05) is 76.6 Å². The minimum Gasteiger partial charge on any atom is -0.506 e. The molecule has 0 spiro atoms. The number of phenolic OH excluding ortho intramolecular Hbond substituents is 1. The largest absolute Gasteiger partial charge is 0.506 e. The fourth-order valence-corrected chi connectivity index (χ4v) is 3.57. The highest BCUT2D eigenvalue weighted by Crippen LogP contribution is 2.30. The lowest BCUT2D eigenvalue weighted by Crippen LogP contribution is -2.02. The van der Waals surface area contributed by atoms with Gasteiger partial charge in [0.1, 0.15) is 11.5 Å². The Hall–Kier alpha value is -2.24. The average molecular weight is 458 g/mol. The zero-order chi connectivity index (χ0) is 17.6. The first kappa shape index (κ1) is 17.6. The molecule has 0 unspecified atom stereocenters. The summed E-state index contributed by atoms with van der Waals surface area (Å²) in [5, 5.41) is 18.7. The SMILES string of the molecule is Oc1c(Br)cc(Br)cc1C=NN=C(c1ccccc1)c1ccccc1. The van der Waals surface area contributed by atoms with Crippen LogP contribution in [-0.2, 0) is 0 Å². The summed E-state index contributed by atoms with van der Waals surface area (Å²) in [6.45, 7) is 0. The molecule has 0 amide bonds. The molecule has 0 aliphatic heterocycles. The van der Waals surface area contributed by atoms with E-state index < -0.39 is 0 Å². The molecule has 124 valence electrons. The predicted octanol–water partition coefficient (Wildman–Crippen LogP) is 5.79. The Labute approximate surface area is 163 Å². The first-order valence-electron chi connectivity index (χ1n) is 7.55. The van der Waals surface area contributed by atoms with Crippen LogP contribution in [0.5, 0.6) is 5.75 Å². The molecule has 3 aromatic carbocycles. The fourth-order valence-electron chi connectivity index (χ4n) is 2.31. The molecule has 5 heteroatoms. The summed E-state index contributed by atoms with van der Waals surface area (Å²) in [6.07, 6.45) is 1.54. The Morgan fingerprint density at radius 2 is 1.40 bits per heavy atom. The van der Waals surface area contributed by atoms with E-state index in [1.807, 2.05) is 60.7 Å². The third-order valence-corrected chi connectivity index (χ3v) is 4.57. The number of aromatic hydroxyl groups is 1. The molecule has 0 atom stereocenters. The Morgan fingerprint density at radius 1 is 0.840 bits per heavy atom. The van der Waals surface area contributed by atoms with E-state index in [1.165, 1.54) is 6.21 Å². The third-order valence-electron chi connectivity index (χ3n) is 3.51. The number of nitrogens with zero attached hydrogens (tertiary/aromatic N) is 2. The molecule has 0 radical (unpaired) electrons. The maximum atomic E-state index is 10.1. The van der Waals surface area contributed by atoms with Crippen LogP contribution in [0.25, 0.3) is 0 Å². The summed E-state index contributed by atoms with van der Waals surface area (Å²) in [5.41, 5.74) is 3.30. The van der Waals surface area contributed by atoms with Crippen molar-refractivity contribution in [1.29, 1.82) is 0 Å². The fraction of sp³-hybridized carbons (Fsp3) is 0. The van der Waals surface area contributed by atoms with Crippen molar-refractivity contribution >= 4 is 43.8 Å². The summed E-state index contributed by atoms with van der Waals surface area (Å²) < 4.78 is 1.44. The summed E-state index contributed by atoms with van der Waals surface area (Å²) in [4.78, 5) is 0. The summed E-state index contributed by atoms with van der Waals surface area (Å²) >= 11 is 6.72. The monoisotopic (exact) mass is 456 g/mol. The summed E-state index contributed by atoms with van der Waals surface area (Å²) in [6, 6.07) is 23.3. The van der Waals surface area contributed by atoms with Crippen molar-refractivity contribution in [2.75, 3.05) is 0 Å². The van der Waals surface area contributed by atoms with Crippen molar-refractivity contribution in [3.63, 3.8) is 0 Å². The molecule has 3 rings (SSSR count). The maximum absolute atomic E-state index is 10.1. The molecule has 0 saturated carbocycles. The Kier molecular flexibility index (Phi) is 5.79. The number of benzene rings is 3. The van der Waals surface area contributed by atoms with Crippen molar-refractivity contribution in [3.8, 4) is 5.75 Å². The van der Waals surface area contributed by atoms with E-state index in [4.69, 9.17) is 0 Å². The number of hydrogen-bond donors (Lipinski definition) is 1. The van der Waals surface area contributed by atoms with Crippen molar-refractivity contribution in [1.82, 2.24) is 0 Å². The van der Waals surface area contributed by atoms with E-state index in [0.717, 1.165) is 21.3 Å². The molecular weight excluding hydrogens is 444 g/mol. The molecule has 0 heterocycles. The lowest BCUT2D eigenvalue weighted by Gasteiger charge is -2.05. The van der Waals surface area contributed by atoms with Gasteiger partial charge in [0.25, 0.3) is 0 Å². The van der Waals surface area contributed by atoms with Crippen molar-refractivity contribution in [3.05, 3.63) is 98.4 Å². The maximum Gasteiger partial charge on any atom is 0.138 e. The van der Waals surface area contributed by atoms with Crippen LogP contribution in [0, 0.1) is 0 Å². The highest BCUT2D eigenvalue weighted by Gasteiger charge is 2.07.